The Morgan fingerprint density at radius 1 is 1.16 bits per heavy atom. The van der Waals surface area contributed by atoms with Crippen LogP contribution in [0.15, 0.2) is 67.3 Å². The number of para-hydroxylation sites is 1. The van der Waals surface area contributed by atoms with Crippen molar-refractivity contribution in [2.45, 2.75) is 6.92 Å². The zero-order valence-corrected chi connectivity index (χ0v) is 14.0. The van der Waals surface area contributed by atoms with Crippen molar-refractivity contribution < 1.29 is 19.1 Å². The van der Waals surface area contributed by atoms with E-state index in [1.165, 1.54) is 11.0 Å². The minimum absolute atomic E-state index is 0.114. The molecule has 2 rings (SSSR count). The Morgan fingerprint density at radius 2 is 1.92 bits per heavy atom. The van der Waals surface area contributed by atoms with E-state index in [0.717, 1.165) is 5.69 Å². The highest BCUT2D eigenvalue weighted by Crippen LogP contribution is 2.20. The highest BCUT2D eigenvalue weighted by atomic mass is 16.6. The second-order valence-electron chi connectivity index (χ2n) is 4.99. The molecule has 0 atom stereocenters. The molecule has 2 aromatic carbocycles. The van der Waals surface area contributed by atoms with E-state index in [-0.39, 0.29) is 6.61 Å². The average molecular weight is 340 g/mol. The number of amides is 2. The van der Waals surface area contributed by atoms with Gasteiger partial charge in [-0.2, -0.15) is 0 Å². The summed E-state index contributed by atoms with van der Waals surface area (Å²) in [6.45, 7) is 5.91. The third kappa shape index (κ3) is 5.39. The van der Waals surface area contributed by atoms with Crippen LogP contribution in [0.25, 0.3) is 0 Å². The maximum Gasteiger partial charge on any atom is 0.419 e. The molecule has 0 saturated heterocycles. The molecule has 0 fully saturated rings. The molecule has 0 spiro atoms. The number of nitrogens with zero attached hydrogens (tertiary/aromatic N) is 1. The molecule has 6 nitrogen and oxygen atoms in total. The van der Waals surface area contributed by atoms with Crippen molar-refractivity contribution in [3.05, 3.63) is 67.3 Å². The number of rotatable bonds is 6. The fraction of sp³-hybridized carbons (Fsp3) is 0.158. The molecule has 0 aliphatic heterocycles. The largest absolute Gasteiger partial charge is 0.445 e. The molecular weight excluding hydrogens is 320 g/mol. The third-order valence-corrected chi connectivity index (χ3v) is 3.22. The normalized spacial score (nSPS) is 9.80. The van der Waals surface area contributed by atoms with Crippen molar-refractivity contribution in [2.24, 2.45) is 0 Å². The SMILES string of the molecule is C=CCOC(=O)Nc1cccc(OC(=O)N(CC)c2ccccc2)c1. The van der Waals surface area contributed by atoms with Crippen LogP contribution in [0.5, 0.6) is 5.75 Å². The maximum absolute atomic E-state index is 12.4. The molecule has 6 heteroatoms. The Bertz CT molecular complexity index is 731. The molecule has 2 amide bonds. The van der Waals surface area contributed by atoms with Gasteiger partial charge >= 0.3 is 12.2 Å². The number of hydrogen-bond acceptors (Lipinski definition) is 4. The van der Waals surface area contributed by atoms with Crippen LogP contribution in [0.2, 0.25) is 0 Å². The van der Waals surface area contributed by atoms with Gasteiger partial charge in [0.25, 0.3) is 0 Å². The molecule has 2 aromatic rings. The van der Waals surface area contributed by atoms with E-state index in [1.54, 1.807) is 24.3 Å². The summed E-state index contributed by atoms with van der Waals surface area (Å²) in [5, 5.41) is 2.55. The molecule has 130 valence electrons. The summed E-state index contributed by atoms with van der Waals surface area (Å²) in [5.41, 5.74) is 1.21. The molecule has 0 aromatic heterocycles. The summed E-state index contributed by atoms with van der Waals surface area (Å²) in [6, 6.07) is 15.8. The predicted molar refractivity (Wildman–Crippen MR) is 97.1 cm³/mol. The molecule has 1 N–H and O–H groups in total. The summed E-state index contributed by atoms with van der Waals surface area (Å²) in [5.74, 6) is 0.320. The molecule has 0 radical (unpaired) electrons. The highest BCUT2D eigenvalue weighted by Gasteiger charge is 2.16. The molecule has 0 unspecified atom stereocenters. The van der Waals surface area contributed by atoms with Gasteiger partial charge in [-0.1, -0.05) is 36.9 Å². The Balaban J connectivity index is 2.04. The summed E-state index contributed by atoms with van der Waals surface area (Å²) in [7, 11) is 0. The maximum atomic E-state index is 12.4. The van der Waals surface area contributed by atoms with Gasteiger partial charge in [0.2, 0.25) is 0 Å². The molecular formula is C19H20N2O4. The average Bonchev–Trinajstić information content (AvgIpc) is 2.62. The van der Waals surface area contributed by atoms with E-state index in [9.17, 15) is 9.59 Å². The van der Waals surface area contributed by atoms with E-state index < -0.39 is 12.2 Å². The summed E-state index contributed by atoms with van der Waals surface area (Å²) >= 11 is 0. The second-order valence-corrected chi connectivity index (χ2v) is 4.99. The number of nitrogens with one attached hydrogen (secondary N) is 1. The zero-order valence-electron chi connectivity index (χ0n) is 14.0. The van der Waals surface area contributed by atoms with E-state index in [4.69, 9.17) is 9.47 Å². The smallest absolute Gasteiger partial charge is 0.419 e. The number of ether oxygens (including phenoxy) is 2. The summed E-state index contributed by atoms with van der Waals surface area (Å²) in [6.07, 6.45) is 0.365. The molecule has 25 heavy (non-hydrogen) atoms. The minimum atomic E-state index is -0.608. The van der Waals surface area contributed by atoms with E-state index >= 15 is 0 Å². The topological polar surface area (TPSA) is 67.9 Å². The van der Waals surface area contributed by atoms with Crippen LogP contribution in [0.3, 0.4) is 0 Å². The number of carbonyl (C=O) groups excluding carboxylic acids is 2. The van der Waals surface area contributed by atoms with Gasteiger partial charge in [-0.05, 0) is 31.2 Å². The Morgan fingerprint density at radius 3 is 2.60 bits per heavy atom. The zero-order chi connectivity index (χ0) is 18.1. The lowest BCUT2D eigenvalue weighted by atomic mass is 10.3. The van der Waals surface area contributed by atoms with Crippen LogP contribution in [0.4, 0.5) is 21.0 Å². The van der Waals surface area contributed by atoms with Crippen LogP contribution in [0.1, 0.15) is 6.92 Å². The molecule has 0 aliphatic rings. The third-order valence-electron chi connectivity index (χ3n) is 3.22. The number of benzene rings is 2. The number of hydrogen-bond donors (Lipinski definition) is 1. The van der Waals surface area contributed by atoms with Crippen molar-refractivity contribution in [3.8, 4) is 5.75 Å². The van der Waals surface area contributed by atoms with Gasteiger partial charge in [-0.15, -0.1) is 0 Å². The minimum Gasteiger partial charge on any atom is -0.445 e. The predicted octanol–water partition coefficient (Wildman–Crippen LogP) is 4.45. The molecule has 0 bridgehead atoms. The summed E-state index contributed by atoms with van der Waals surface area (Å²) < 4.78 is 10.2. The van der Waals surface area contributed by atoms with Crippen molar-refractivity contribution in [3.63, 3.8) is 0 Å². The highest BCUT2D eigenvalue weighted by molar-refractivity contribution is 5.89. The first-order valence-electron chi connectivity index (χ1n) is 7.83. The van der Waals surface area contributed by atoms with E-state index in [2.05, 4.69) is 11.9 Å². The van der Waals surface area contributed by atoms with Crippen LogP contribution >= 0.6 is 0 Å². The monoisotopic (exact) mass is 340 g/mol. The van der Waals surface area contributed by atoms with Gasteiger partial charge in [0.15, 0.2) is 0 Å². The molecule has 0 saturated carbocycles. The van der Waals surface area contributed by atoms with Crippen molar-refractivity contribution >= 4 is 23.6 Å². The number of anilines is 2. The first-order valence-corrected chi connectivity index (χ1v) is 7.83. The second kappa shape index (κ2) is 9.12. The first-order chi connectivity index (χ1) is 12.1. The van der Waals surface area contributed by atoms with Crippen molar-refractivity contribution in [1.82, 2.24) is 0 Å². The van der Waals surface area contributed by atoms with Crippen LogP contribution in [-0.2, 0) is 4.74 Å². The van der Waals surface area contributed by atoms with Crippen molar-refractivity contribution in [1.29, 1.82) is 0 Å². The molecule has 0 aliphatic carbocycles. The Hall–Kier alpha value is -3.28. The van der Waals surface area contributed by atoms with E-state index in [1.807, 2.05) is 37.3 Å². The lowest BCUT2D eigenvalue weighted by molar-refractivity contribution is 0.174. The Kier molecular flexibility index (Phi) is 6.59. The van der Waals surface area contributed by atoms with Gasteiger partial charge < -0.3 is 9.47 Å². The van der Waals surface area contributed by atoms with Crippen molar-refractivity contribution in [2.75, 3.05) is 23.4 Å². The summed E-state index contributed by atoms with van der Waals surface area (Å²) in [4.78, 5) is 25.5. The first kappa shape index (κ1) is 18.1. The van der Waals surface area contributed by atoms with Gasteiger partial charge in [0.05, 0.1) is 0 Å². The van der Waals surface area contributed by atoms with Crippen LogP contribution in [0, 0.1) is 0 Å². The Labute approximate surface area is 146 Å². The quantitative estimate of drug-likeness (QED) is 0.789. The van der Waals surface area contributed by atoms with Crippen LogP contribution < -0.4 is 15.0 Å². The van der Waals surface area contributed by atoms with Gasteiger partial charge in [0, 0.05) is 24.0 Å². The van der Waals surface area contributed by atoms with Gasteiger partial charge in [-0.25, -0.2) is 9.59 Å². The standard InChI is InChI=1S/C19H20N2O4/c1-3-13-24-18(22)20-15-9-8-12-17(14-15)25-19(23)21(4-2)16-10-6-5-7-11-16/h3,5-12,14H,1,4,13H2,2H3,(H,20,22). The molecule has 0 heterocycles. The fourth-order valence-electron chi connectivity index (χ4n) is 2.11. The fourth-order valence-corrected chi connectivity index (χ4v) is 2.11. The van der Waals surface area contributed by atoms with Crippen LogP contribution in [-0.4, -0.2) is 25.3 Å². The number of carbonyl (C=O) groups is 2. The van der Waals surface area contributed by atoms with Gasteiger partial charge in [0.1, 0.15) is 12.4 Å². The van der Waals surface area contributed by atoms with Gasteiger partial charge in [-0.3, -0.25) is 10.2 Å². The lowest BCUT2D eigenvalue weighted by Gasteiger charge is -2.20. The lowest BCUT2D eigenvalue weighted by Crippen LogP contribution is -2.33. The van der Waals surface area contributed by atoms with E-state index in [0.29, 0.717) is 18.0 Å².